The second-order valence-electron chi connectivity index (χ2n) is 6.88. The molecule has 156 valence electrons. The van der Waals surface area contributed by atoms with Crippen molar-refractivity contribution in [3.05, 3.63) is 100 Å². The number of carbonyl (C=O) groups excluding carboxylic acids is 1. The van der Waals surface area contributed by atoms with Crippen molar-refractivity contribution in [2.45, 2.75) is 13.5 Å². The third-order valence-electron chi connectivity index (χ3n) is 4.59. The Morgan fingerprint density at radius 1 is 1.06 bits per heavy atom. The van der Waals surface area contributed by atoms with Crippen LogP contribution >= 0.6 is 61.1 Å². The number of aliphatic imine (C=N–C) groups is 1. The molecule has 3 aromatic carbocycles. The Hall–Kier alpha value is -1.72. The average Bonchev–Trinajstić information content (AvgIpc) is 3.08. The SMILES string of the molecule is Cc1ccccc1C1=N/C(=C\c2cc(I)c(OCc3cccc(Br)c3)c(I)c2)C(=O)O1. The molecule has 0 amide bonds. The van der Waals surface area contributed by atoms with Gasteiger partial charge in [-0.2, -0.15) is 0 Å². The highest BCUT2D eigenvalue weighted by molar-refractivity contribution is 14.1. The van der Waals surface area contributed by atoms with Gasteiger partial charge in [-0.25, -0.2) is 9.79 Å². The first kappa shape index (κ1) is 22.5. The second-order valence-corrected chi connectivity index (χ2v) is 10.1. The number of ether oxygens (including phenoxy) is 2. The molecule has 0 radical (unpaired) electrons. The van der Waals surface area contributed by atoms with Crippen LogP contribution in [0.15, 0.2) is 75.8 Å². The minimum Gasteiger partial charge on any atom is -0.487 e. The number of nitrogens with zero attached hydrogens (tertiary/aromatic N) is 1. The summed E-state index contributed by atoms with van der Waals surface area (Å²) in [6.07, 6.45) is 1.75. The largest absolute Gasteiger partial charge is 0.487 e. The zero-order valence-corrected chi connectivity index (χ0v) is 22.3. The van der Waals surface area contributed by atoms with Gasteiger partial charge in [0.15, 0.2) is 5.70 Å². The molecule has 0 atom stereocenters. The van der Waals surface area contributed by atoms with Crippen LogP contribution in [0, 0.1) is 14.1 Å². The molecule has 0 fully saturated rings. The molecular weight excluding hydrogens is 684 g/mol. The topological polar surface area (TPSA) is 47.9 Å². The Kier molecular flexibility index (Phi) is 7.12. The van der Waals surface area contributed by atoms with Crippen molar-refractivity contribution < 1.29 is 14.3 Å². The number of aryl methyl sites for hydroxylation is 1. The fourth-order valence-corrected chi connectivity index (χ4v) is 5.65. The summed E-state index contributed by atoms with van der Waals surface area (Å²) in [7, 11) is 0. The lowest BCUT2D eigenvalue weighted by atomic mass is 10.1. The maximum atomic E-state index is 12.4. The van der Waals surface area contributed by atoms with Crippen LogP contribution in [-0.2, 0) is 16.1 Å². The maximum absolute atomic E-state index is 12.4. The molecule has 0 aromatic heterocycles. The van der Waals surface area contributed by atoms with Crippen molar-refractivity contribution in [2.75, 3.05) is 0 Å². The average molecular weight is 700 g/mol. The first-order valence-corrected chi connectivity index (χ1v) is 12.3. The van der Waals surface area contributed by atoms with Crippen LogP contribution < -0.4 is 4.74 Å². The molecule has 3 aromatic rings. The highest BCUT2D eigenvalue weighted by Crippen LogP contribution is 2.31. The molecule has 31 heavy (non-hydrogen) atoms. The minimum atomic E-state index is -0.446. The van der Waals surface area contributed by atoms with Crippen molar-refractivity contribution in [3.8, 4) is 5.75 Å². The number of hydrogen-bond acceptors (Lipinski definition) is 4. The van der Waals surface area contributed by atoms with E-state index < -0.39 is 5.97 Å². The van der Waals surface area contributed by atoms with Crippen LogP contribution in [0.2, 0.25) is 0 Å². The van der Waals surface area contributed by atoms with E-state index in [2.05, 4.69) is 66.1 Å². The lowest BCUT2D eigenvalue weighted by Crippen LogP contribution is -2.06. The third kappa shape index (κ3) is 5.38. The summed E-state index contributed by atoms with van der Waals surface area (Å²) in [6.45, 7) is 2.44. The van der Waals surface area contributed by atoms with Gasteiger partial charge in [0.25, 0.3) is 0 Å². The van der Waals surface area contributed by atoms with E-state index in [9.17, 15) is 4.79 Å². The maximum Gasteiger partial charge on any atom is 0.363 e. The Balaban J connectivity index is 1.57. The Morgan fingerprint density at radius 3 is 2.52 bits per heavy atom. The molecule has 0 bridgehead atoms. The summed E-state index contributed by atoms with van der Waals surface area (Å²) < 4.78 is 14.4. The Bertz CT molecular complexity index is 1210. The zero-order valence-electron chi connectivity index (χ0n) is 16.4. The van der Waals surface area contributed by atoms with E-state index in [1.54, 1.807) is 6.08 Å². The molecule has 0 saturated heterocycles. The normalized spacial score (nSPS) is 14.5. The fraction of sp³-hybridized carbons (Fsp3) is 0.0833. The van der Waals surface area contributed by atoms with E-state index in [1.165, 1.54) is 0 Å². The molecular formula is C24H16BrI2NO3. The minimum absolute atomic E-state index is 0.285. The molecule has 1 heterocycles. The van der Waals surface area contributed by atoms with Gasteiger partial charge in [0, 0.05) is 10.0 Å². The van der Waals surface area contributed by atoms with Gasteiger partial charge in [0.05, 0.1) is 7.14 Å². The number of rotatable bonds is 5. The Morgan fingerprint density at radius 2 is 1.81 bits per heavy atom. The van der Waals surface area contributed by atoms with E-state index in [1.807, 2.05) is 67.6 Å². The predicted octanol–water partition coefficient (Wildman–Crippen LogP) is 6.89. The molecule has 7 heteroatoms. The molecule has 1 aliphatic heterocycles. The summed E-state index contributed by atoms with van der Waals surface area (Å²) in [4.78, 5) is 16.8. The summed E-state index contributed by atoms with van der Waals surface area (Å²) in [5.74, 6) is 0.715. The summed E-state index contributed by atoms with van der Waals surface area (Å²) in [6, 6.07) is 19.7. The van der Waals surface area contributed by atoms with Gasteiger partial charge in [-0.15, -0.1) is 0 Å². The first-order valence-electron chi connectivity index (χ1n) is 9.35. The second kappa shape index (κ2) is 9.83. The van der Waals surface area contributed by atoms with E-state index >= 15 is 0 Å². The molecule has 1 aliphatic rings. The van der Waals surface area contributed by atoms with E-state index in [-0.39, 0.29) is 5.70 Å². The number of cyclic esters (lactones) is 1. The third-order valence-corrected chi connectivity index (χ3v) is 6.69. The standard InChI is InChI=1S/C24H16BrI2NO3/c1-14-5-2-3-8-18(14)23-28-21(24(29)31-23)12-16-10-19(26)22(20(27)11-16)30-13-15-6-4-7-17(25)9-15/h2-12H,13H2,1H3/b21-12-. The fourth-order valence-electron chi connectivity index (χ4n) is 3.08. The van der Waals surface area contributed by atoms with Crippen molar-refractivity contribution in [1.29, 1.82) is 0 Å². The van der Waals surface area contributed by atoms with Crippen LogP contribution in [0.4, 0.5) is 0 Å². The highest BCUT2D eigenvalue weighted by Gasteiger charge is 2.25. The summed E-state index contributed by atoms with van der Waals surface area (Å²) in [5.41, 5.74) is 4.06. The Labute approximate surface area is 216 Å². The number of halogens is 3. The van der Waals surface area contributed by atoms with Gasteiger partial charge in [0.2, 0.25) is 5.90 Å². The van der Waals surface area contributed by atoms with Crippen LogP contribution in [-0.4, -0.2) is 11.9 Å². The van der Waals surface area contributed by atoms with Crippen LogP contribution in [0.25, 0.3) is 6.08 Å². The number of esters is 1. The predicted molar refractivity (Wildman–Crippen MR) is 142 cm³/mol. The van der Waals surface area contributed by atoms with Crippen molar-refractivity contribution in [2.24, 2.45) is 4.99 Å². The molecule has 0 N–H and O–H groups in total. The molecule has 4 rings (SSSR count). The molecule has 0 unspecified atom stereocenters. The van der Waals surface area contributed by atoms with Gasteiger partial charge >= 0.3 is 5.97 Å². The molecule has 0 saturated carbocycles. The van der Waals surface area contributed by atoms with Gasteiger partial charge in [0.1, 0.15) is 12.4 Å². The van der Waals surface area contributed by atoms with Gasteiger partial charge in [-0.1, -0.05) is 46.3 Å². The van der Waals surface area contributed by atoms with Gasteiger partial charge in [-0.05, 0) is 105 Å². The van der Waals surface area contributed by atoms with E-state index in [4.69, 9.17) is 9.47 Å². The molecule has 0 spiro atoms. The highest BCUT2D eigenvalue weighted by atomic mass is 127. The van der Waals surface area contributed by atoms with Crippen molar-refractivity contribution in [1.82, 2.24) is 0 Å². The smallest absolute Gasteiger partial charge is 0.363 e. The summed E-state index contributed by atoms with van der Waals surface area (Å²) >= 11 is 7.98. The van der Waals surface area contributed by atoms with Crippen LogP contribution in [0.1, 0.15) is 22.3 Å². The number of carbonyl (C=O) groups is 1. The van der Waals surface area contributed by atoms with Crippen LogP contribution in [0.3, 0.4) is 0 Å². The van der Waals surface area contributed by atoms with E-state index in [0.29, 0.717) is 12.5 Å². The lowest BCUT2D eigenvalue weighted by Gasteiger charge is -2.12. The monoisotopic (exact) mass is 699 g/mol. The molecule has 0 aliphatic carbocycles. The zero-order chi connectivity index (χ0) is 22.0. The van der Waals surface area contributed by atoms with Crippen LogP contribution in [0.5, 0.6) is 5.75 Å². The number of benzene rings is 3. The molecule has 4 nitrogen and oxygen atoms in total. The van der Waals surface area contributed by atoms with Crippen molar-refractivity contribution >= 4 is 79.1 Å². The number of hydrogen-bond donors (Lipinski definition) is 0. The van der Waals surface area contributed by atoms with Gasteiger partial charge in [-0.3, -0.25) is 0 Å². The quantitative estimate of drug-likeness (QED) is 0.166. The van der Waals surface area contributed by atoms with E-state index in [0.717, 1.165) is 39.6 Å². The van der Waals surface area contributed by atoms with Gasteiger partial charge < -0.3 is 9.47 Å². The van der Waals surface area contributed by atoms with Crippen molar-refractivity contribution in [3.63, 3.8) is 0 Å². The lowest BCUT2D eigenvalue weighted by molar-refractivity contribution is -0.129. The first-order chi connectivity index (χ1) is 14.9. The summed E-state index contributed by atoms with van der Waals surface area (Å²) in [5, 5.41) is 0.